The number of cyclic esters (lactones) is 1. The molecule has 1 amide bonds. The van der Waals surface area contributed by atoms with Gasteiger partial charge in [-0.15, -0.1) is 0 Å². The molecule has 23 atom stereocenters. The number of nitrogens with one attached hydrogen (secondary N) is 3. The molecule has 4 saturated heterocycles. The Balaban J connectivity index is 1.70. The second kappa shape index (κ2) is 32.0. The summed E-state index contributed by atoms with van der Waals surface area (Å²) >= 11 is 0. The normalized spacial score (nSPS) is 38.0. The summed E-state index contributed by atoms with van der Waals surface area (Å²) in [5, 5.41) is 25.7. The number of aliphatic hydroxyl groups is 2. The van der Waals surface area contributed by atoms with Gasteiger partial charge in [-0.1, -0.05) is 66.7 Å². The number of likely N-dealkylation sites (N-methyl/N-ethyl adjacent to an activating group) is 1. The van der Waals surface area contributed by atoms with Gasteiger partial charge in [0.05, 0.1) is 72.5 Å². The van der Waals surface area contributed by atoms with Crippen molar-refractivity contribution in [1.29, 1.82) is 0 Å². The number of benzene rings is 1. The Morgan fingerprint density at radius 2 is 1.45 bits per heavy atom. The second-order valence-electron chi connectivity index (χ2n) is 26.0. The Labute approximate surface area is 510 Å². The first-order valence-corrected chi connectivity index (χ1v) is 32.0. The molecule has 4 fully saturated rings. The molecule has 0 radical (unpaired) electrons. The number of alkyl carbamates (subject to hydrolysis) is 1. The largest absolute Gasteiger partial charge is 0.461 e. The van der Waals surface area contributed by atoms with Crippen LogP contribution in [0.4, 0.5) is 4.79 Å². The van der Waals surface area contributed by atoms with Gasteiger partial charge in [0.1, 0.15) is 36.6 Å². The van der Waals surface area contributed by atoms with Crippen LogP contribution in [0.2, 0.25) is 0 Å². The molecule has 24 nitrogen and oxygen atoms in total. The molecule has 4 aliphatic rings. The highest BCUT2D eigenvalue weighted by atomic mass is 32.2. The number of aliphatic hydroxyl groups excluding tert-OH is 2. The second-order valence-corrected chi connectivity index (χ2v) is 27.8. The molecular formula is C61H104N4O20S. The number of carbonyl (C=O) groups excluding carboxylic acids is 4. The van der Waals surface area contributed by atoms with E-state index in [1.54, 1.807) is 73.6 Å². The monoisotopic (exact) mass is 1240 g/mol. The molecule has 4 heterocycles. The fourth-order valence-corrected chi connectivity index (χ4v) is 13.7. The Morgan fingerprint density at radius 3 is 2.07 bits per heavy atom. The summed E-state index contributed by atoms with van der Waals surface area (Å²) in [6, 6.07) is 7.07. The van der Waals surface area contributed by atoms with E-state index >= 15 is 9.59 Å². The van der Waals surface area contributed by atoms with E-state index in [1.165, 1.54) is 40.4 Å². The van der Waals surface area contributed by atoms with Crippen molar-refractivity contribution in [3.05, 3.63) is 30.3 Å². The third kappa shape index (κ3) is 19.3. The van der Waals surface area contributed by atoms with Crippen LogP contribution in [0.3, 0.4) is 0 Å². The van der Waals surface area contributed by atoms with Crippen LogP contribution in [0.5, 0.6) is 0 Å². The quantitative estimate of drug-likeness (QED) is 0.0594. The lowest BCUT2D eigenvalue weighted by molar-refractivity contribution is -0.305. The first kappa shape index (κ1) is 73.2. The van der Waals surface area contributed by atoms with E-state index in [2.05, 4.69) is 27.3 Å². The smallest absolute Gasteiger partial charge is 0.408 e. The van der Waals surface area contributed by atoms with Crippen LogP contribution < -0.4 is 15.5 Å². The number of Topliss-reactive ketones (excluding diaryl/α,β-unsaturated/α-hetero) is 1. The molecule has 1 aromatic rings. The zero-order valence-electron chi connectivity index (χ0n) is 54.2. The Hall–Kier alpha value is -3.51. The van der Waals surface area contributed by atoms with Gasteiger partial charge >= 0.3 is 18.0 Å². The number of nitrogens with zero attached hydrogens (tertiary/aromatic N) is 1. The van der Waals surface area contributed by atoms with Gasteiger partial charge in [-0.05, 0) is 99.2 Å². The summed E-state index contributed by atoms with van der Waals surface area (Å²) in [6.45, 7) is 26.3. The van der Waals surface area contributed by atoms with Crippen molar-refractivity contribution < 1.29 is 94.8 Å². The van der Waals surface area contributed by atoms with E-state index < -0.39 is 166 Å². The van der Waals surface area contributed by atoms with Crippen LogP contribution in [0.15, 0.2) is 35.2 Å². The van der Waals surface area contributed by atoms with Crippen molar-refractivity contribution in [1.82, 2.24) is 20.4 Å². The standard InChI is InChI=1S/C61H104N4O20S/c1-32(2)25-45(66)81-51-39(9)50(34(4)30-77-58-54(75-18)53(74-17)47(67)42(12)80-58)83-56(70)41(11)52(82-46-26-35(5)65(16)29-37(7)78-46)38(8)49(84-57-48(68)44(64-76-19)27-36(6)79-57)33(3)28-61(15,55(69)40(51)10)85-59(71)63-60(13,14)31-62-86(72,73)43-23-21-20-22-24-43/h20-24,32-42,44,46-54,57-58,62,64,67-68H,25-31H2,1-19H3,(H,63,71)/t33-,34-,35+,36+,37-,38+,39-,40+,41+,42+,44-,46-,47+,48+,49-,50+,51+,52-,53+,54+,57-,58+,61-/m0/s1. The van der Waals surface area contributed by atoms with E-state index in [0.717, 1.165) is 0 Å². The number of hydrogen-bond donors (Lipinski definition) is 5. The van der Waals surface area contributed by atoms with Crippen molar-refractivity contribution in [2.45, 2.75) is 244 Å². The van der Waals surface area contributed by atoms with Gasteiger partial charge in [-0.2, -0.15) is 5.48 Å². The highest BCUT2D eigenvalue weighted by Crippen LogP contribution is 2.41. The minimum absolute atomic E-state index is 0.0159. The molecule has 5 rings (SSSR count). The maximum absolute atomic E-state index is 16.0. The zero-order valence-corrected chi connectivity index (χ0v) is 55.0. The third-order valence-corrected chi connectivity index (χ3v) is 18.8. The molecule has 494 valence electrons. The minimum Gasteiger partial charge on any atom is -0.461 e. The van der Waals surface area contributed by atoms with Gasteiger partial charge in [0.2, 0.25) is 10.0 Å². The average molecular weight is 1250 g/mol. The van der Waals surface area contributed by atoms with E-state index in [9.17, 15) is 28.2 Å². The first-order chi connectivity index (χ1) is 40.2. The Morgan fingerprint density at radius 1 is 0.802 bits per heavy atom. The van der Waals surface area contributed by atoms with Gasteiger partial charge in [-0.3, -0.25) is 14.4 Å². The molecule has 0 aliphatic carbocycles. The maximum atomic E-state index is 16.0. The molecular weight excluding hydrogens is 1140 g/mol. The van der Waals surface area contributed by atoms with Crippen LogP contribution in [0, 0.1) is 41.4 Å². The van der Waals surface area contributed by atoms with Crippen LogP contribution in [0.1, 0.15) is 130 Å². The lowest BCUT2D eigenvalue weighted by atomic mass is 9.74. The molecule has 0 saturated carbocycles. The number of ether oxygens (including phenoxy) is 11. The summed E-state index contributed by atoms with van der Waals surface area (Å²) in [6.07, 6.45) is -14.1. The molecule has 5 N–H and O–H groups in total. The highest BCUT2D eigenvalue weighted by Gasteiger charge is 2.53. The van der Waals surface area contributed by atoms with Crippen molar-refractivity contribution in [3.8, 4) is 0 Å². The fourth-order valence-electron chi connectivity index (χ4n) is 12.5. The highest BCUT2D eigenvalue weighted by molar-refractivity contribution is 7.89. The summed E-state index contributed by atoms with van der Waals surface area (Å²) in [5.74, 6) is -8.00. The van der Waals surface area contributed by atoms with Crippen molar-refractivity contribution in [3.63, 3.8) is 0 Å². The molecule has 0 spiro atoms. The van der Waals surface area contributed by atoms with Gasteiger partial charge in [0.25, 0.3) is 0 Å². The number of carbonyl (C=O) groups is 4. The van der Waals surface area contributed by atoms with Crippen molar-refractivity contribution in [2.24, 2.45) is 41.4 Å². The number of rotatable bonds is 21. The summed E-state index contributed by atoms with van der Waals surface area (Å²) in [4.78, 5) is 67.8. The van der Waals surface area contributed by atoms with Crippen molar-refractivity contribution >= 4 is 33.8 Å². The minimum atomic E-state index is -4.03. The molecule has 25 heteroatoms. The molecule has 0 aromatic heterocycles. The number of sulfonamides is 1. The van der Waals surface area contributed by atoms with E-state index in [4.69, 9.17) is 56.9 Å². The number of hydrogen-bond acceptors (Lipinski definition) is 22. The number of amides is 1. The predicted molar refractivity (Wildman–Crippen MR) is 315 cm³/mol. The number of ketones is 1. The number of esters is 2. The summed E-state index contributed by atoms with van der Waals surface area (Å²) in [7, 11) is 2.28. The molecule has 4 aliphatic heterocycles. The fraction of sp³-hybridized carbons (Fsp3) is 0.836. The van der Waals surface area contributed by atoms with Crippen molar-refractivity contribution in [2.75, 3.05) is 48.1 Å². The van der Waals surface area contributed by atoms with E-state index in [1.807, 2.05) is 41.7 Å². The molecule has 0 unspecified atom stereocenters. The molecule has 1 aromatic carbocycles. The molecule has 0 bridgehead atoms. The summed E-state index contributed by atoms with van der Waals surface area (Å²) < 4.78 is 100.0. The van der Waals surface area contributed by atoms with E-state index in [0.29, 0.717) is 19.4 Å². The number of hydroxylamine groups is 1. The Kier molecular flexibility index (Phi) is 27.2. The van der Waals surface area contributed by atoms with Crippen LogP contribution in [0.25, 0.3) is 0 Å². The zero-order chi connectivity index (χ0) is 64.3. The topological polar surface area (TPSA) is 293 Å². The predicted octanol–water partition coefficient (Wildman–Crippen LogP) is 5.28. The van der Waals surface area contributed by atoms with Crippen LogP contribution >= 0.6 is 0 Å². The van der Waals surface area contributed by atoms with E-state index in [-0.39, 0.29) is 49.0 Å². The van der Waals surface area contributed by atoms with Gasteiger partial charge in [0.15, 0.2) is 30.3 Å². The van der Waals surface area contributed by atoms with Gasteiger partial charge < -0.3 is 77.4 Å². The third-order valence-electron chi connectivity index (χ3n) is 17.4. The lowest BCUT2D eigenvalue weighted by Crippen LogP contribution is -2.59. The van der Waals surface area contributed by atoms with Crippen LogP contribution in [-0.4, -0.2) is 205 Å². The average Bonchev–Trinajstić information content (AvgIpc) is 1.77. The van der Waals surface area contributed by atoms with Gasteiger partial charge in [0, 0.05) is 63.9 Å². The number of methoxy groups -OCH3 is 2. The summed E-state index contributed by atoms with van der Waals surface area (Å²) in [5.41, 5.74) is -0.564. The Bertz CT molecular complexity index is 2430. The lowest BCUT2D eigenvalue weighted by Gasteiger charge is -2.46. The maximum Gasteiger partial charge on any atom is 0.408 e. The first-order valence-electron chi connectivity index (χ1n) is 30.5. The molecule has 86 heavy (non-hydrogen) atoms. The van der Waals surface area contributed by atoms with Crippen LogP contribution in [-0.2, 0) is 81.3 Å². The van der Waals surface area contributed by atoms with Gasteiger partial charge in [-0.25, -0.2) is 17.9 Å². The SMILES string of the molecule is CON[C@H]1C[C@@H](C)O[C@@H](O[C@@H]2[C@@H](C)[C@H](O[C@H]3C[C@@H](C)N(C)C[C@H](C)O3)[C@@H](C)C(=O)O[C@H]([C@@H](C)CO[C@@H]3O[C@H](C)[C@@H](O)[C@@H](OC)[C@H]3OC)[C@H](C)[C@@H](OC(=O)CC(C)C)[C@@H](C)C(=O)[C@@](C)(OC(=O)NC(C)(C)CNS(=O)(=O)c3ccccc3)C[C@@H]2C)[C@@H]1O.